The zero-order valence-electron chi connectivity index (χ0n) is 37.0. The molecule has 8 amide bonds. The largest absolute Gasteiger partial charge is 0.370 e. The van der Waals surface area contributed by atoms with Gasteiger partial charge in [-0.05, 0) is 42.4 Å². The highest BCUT2D eigenvalue weighted by molar-refractivity contribution is 5.99. The van der Waals surface area contributed by atoms with Gasteiger partial charge in [0.1, 0.15) is 30.2 Å². The van der Waals surface area contributed by atoms with Gasteiger partial charge in [0.2, 0.25) is 47.3 Å². The second kappa shape index (κ2) is 22.2. The predicted molar refractivity (Wildman–Crippen MR) is 240 cm³/mol. The van der Waals surface area contributed by atoms with Crippen molar-refractivity contribution in [3.05, 3.63) is 83.8 Å². The lowest BCUT2D eigenvalue weighted by molar-refractivity contribution is -0.143. The maximum Gasteiger partial charge on any atom is 0.246 e. The van der Waals surface area contributed by atoms with Crippen LogP contribution >= 0.6 is 0 Å². The van der Waals surface area contributed by atoms with Crippen molar-refractivity contribution in [1.82, 2.24) is 51.5 Å². The number of hydrogen-bond donors (Lipinski definition) is 9. The van der Waals surface area contributed by atoms with E-state index in [1.54, 1.807) is 30.9 Å². The first-order valence-electron chi connectivity index (χ1n) is 22.2. The Hall–Kier alpha value is -7.16. The van der Waals surface area contributed by atoms with E-state index in [4.69, 9.17) is 17.2 Å². The maximum absolute atomic E-state index is 15.0. The summed E-state index contributed by atoms with van der Waals surface area (Å²) in [7, 11) is 0. The highest BCUT2D eigenvalue weighted by Gasteiger charge is 2.45. The van der Waals surface area contributed by atoms with Gasteiger partial charge in [-0.2, -0.15) is 0 Å². The van der Waals surface area contributed by atoms with Gasteiger partial charge in [0.05, 0.1) is 30.6 Å². The van der Waals surface area contributed by atoms with Gasteiger partial charge >= 0.3 is 0 Å². The van der Waals surface area contributed by atoms with Gasteiger partial charge in [-0.3, -0.25) is 38.4 Å². The number of fused-ring (bicyclic) bond motifs is 2. The Morgan fingerprint density at radius 2 is 1.58 bits per heavy atom. The molecule has 2 saturated heterocycles. The number of carbonyl (C=O) groups excluding carboxylic acids is 8. The number of H-pyrrole nitrogens is 1. The highest BCUT2D eigenvalue weighted by Crippen LogP contribution is 2.30. The SMILES string of the molecule is CC[C@H](C)[C@@H]1NC(=O)C(CC(N)=O)NC(=O)[C@@H](N)CC(=O)NCCCCC(C(N)=O)NC(=O)[C@H](Cc2c[nH]c3ccccc23)NC(=O)[C@@H]2CC(n3cc(Cc4ccccc4)nn3)CN2C1=O. The van der Waals surface area contributed by atoms with Crippen LogP contribution in [0.4, 0.5) is 0 Å². The fourth-order valence-electron chi connectivity index (χ4n) is 8.30. The third-order valence-corrected chi connectivity index (χ3v) is 12.2. The number of nitrogens with one attached hydrogen (secondary N) is 6. The second-order valence-electron chi connectivity index (χ2n) is 17.1. The molecule has 2 aliphatic heterocycles. The van der Waals surface area contributed by atoms with Crippen LogP contribution in [0.3, 0.4) is 0 Å². The topological polar surface area (TPSA) is 325 Å². The Morgan fingerprint density at radius 3 is 2.30 bits per heavy atom. The molecule has 4 heterocycles. The van der Waals surface area contributed by atoms with Crippen molar-refractivity contribution in [2.75, 3.05) is 13.1 Å². The zero-order chi connectivity index (χ0) is 47.5. The molecule has 12 N–H and O–H groups in total. The van der Waals surface area contributed by atoms with Gasteiger partial charge < -0.3 is 53.7 Å². The summed E-state index contributed by atoms with van der Waals surface area (Å²) in [6.07, 6.45) is 3.99. The Morgan fingerprint density at radius 1 is 0.864 bits per heavy atom. The van der Waals surface area contributed by atoms with Crippen LogP contribution in [0.2, 0.25) is 0 Å². The summed E-state index contributed by atoms with van der Waals surface area (Å²) >= 11 is 0. The lowest BCUT2D eigenvalue weighted by Gasteiger charge is -2.33. The lowest BCUT2D eigenvalue weighted by atomic mass is 9.96. The van der Waals surface area contributed by atoms with E-state index in [2.05, 4.69) is 41.9 Å². The average Bonchev–Trinajstić information content (AvgIpc) is 4.06. The first-order chi connectivity index (χ1) is 31.6. The number of amides is 8. The molecule has 4 aromatic rings. The lowest BCUT2D eigenvalue weighted by Crippen LogP contribution is -2.60. The molecule has 3 unspecified atom stereocenters. The van der Waals surface area contributed by atoms with Gasteiger partial charge in [-0.1, -0.05) is 74.0 Å². The van der Waals surface area contributed by atoms with Crippen LogP contribution in [0.5, 0.6) is 0 Å². The van der Waals surface area contributed by atoms with Gasteiger partial charge in [0.25, 0.3) is 0 Å². The maximum atomic E-state index is 15.0. The molecular formula is C45H59N13O8. The first kappa shape index (κ1) is 48.3. The number of aromatic amines is 1. The van der Waals surface area contributed by atoms with Crippen LogP contribution < -0.4 is 43.8 Å². The molecule has 352 valence electrons. The summed E-state index contributed by atoms with van der Waals surface area (Å²) in [6, 6.07) is 8.54. The summed E-state index contributed by atoms with van der Waals surface area (Å²) in [4.78, 5) is 114. The summed E-state index contributed by atoms with van der Waals surface area (Å²) in [6.45, 7) is 3.59. The van der Waals surface area contributed by atoms with E-state index in [9.17, 15) is 38.4 Å². The Balaban J connectivity index is 1.37. The van der Waals surface area contributed by atoms with Gasteiger partial charge in [0, 0.05) is 55.6 Å². The summed E-state index contributed by atoms with van der Waals surface area (Å²) < 4.78 is 1.59. The van der Waals surface area contributed by atoms with Crippen molar-refractivity contribution in [3.63, 3.8) is 0 Å². The number of hydrogen-bond acceptors (Lipinski definition) is 11. The van der Waals surface area contributed by atoms with Gasteiger partial charge in [0.15, 0.2) is 0 Å². The monoisotopic (exact) mass is 909 g/mol. The van der Waals surface area contributed by atoms with Crippen LogP contribution in [0, 0.1) is 5.92 Å². The van der Waals surface area contributed by atoms with E-state index in [0.717, 1.165) is 16.5 Å². The molecule has 21 nitrogen and oxygen atoms in total. The van der Waals surface area contributed by atoms with Crippen molar-refractivity contribution in [2.45, 2.75) is 114 Å². The van der Waals surface area contributed by atoms with Crippen LogP contribution in [0.15, 0.2) is 67.0 Å². The number of carbonyl (C=O) groups is 8. The van der Waals surface area contributed by atoms with E-state index in [1.807, 2.05) is 54.6 Å². The first-order valence-corrected chi connectivity index (χ1v) is 22.2. The standard InChI is InChI=1S/C45H59N13O8/c1-3-25(2)39-45(66)57-24-29(58-23-28(55-56-58)17-26-11-5-4-6-12-26)19-36(57)44(65)53-34(18-27-22-50-32-14-8-7-13-30(27)32)42(63)51-33(40(48)61)15-9-10-16-49-38(60)20-31(46)41(62)52-35(21-37(47)59)43(64)54-39/h4-8,11-14,22-23,25,29,31,33-36,39,50H,3,9-10,15-21,24,46H2,1-2H3,(H2,47,59)(H2,48,61)(H,49,60)(H,51,63)(H,52,62)(H,53,65)(H,54,64)/t25-,29?,31-,33?,34-,35?,36-,39-/m0/s1. The van der Waals surface area contributed by atoms with Crippen molar-refractivity contribution < 1.29 is 38.4 Å². The normalized spacial score (nSPS) is 24.9. The molecule has 0 saturated carbocycles. The smallest absolute Gasteiger partial charge is 0.246 e. The summed E-state index contributed by atoms with van der Waals surface area (Å²) in [5.41, 5.74) is 20.4. The van der Waals surface area contributed by atoms with Gasteiger partial charge in [-0.15, -0.1) is 5.10 Å². The molecule has 2 aromatic heterocycles. The second-order valence-corrected chi connectivity index (χ2v) is 17.1. The van der Waals surface area contributed by atoms with E-state index in [1.165, 1.54) is 4.90 Å². The molecule has 8 atom stereocenters. The molecule has 0 bridgehead atoms. The van der Waals surface area contributed by atoms with Crippen molar-refractivity contribution >= 4 is 58.2 Å². The van der Waals surface area contributed by atoms with Crippen LogP contribution in [-0.4, -0.2) is 121 Å². The fraction of sp³-hybridized carbons (Fsp3) is 0.467. The third-order valence-electron chi connectivity index (χ3n) is 12.2. The molecule has 66 heavy (non-hydrogen) atoms. The van der Waals surface area contributed by atoms with Gasteiger partial charge in [-0.25, -0.2) is 4.68 Å². The number of aromatic nitrogens is 4. The van der Waals surface area contributed by atoms with E-state index >= 15 is 0 Å². The van der Waals surface area contributed by atoms with Crippen molar-refractivity contribution in [2.24, 2.45) is 23.1 Å². The molecule has 0 radical (unpaired) electrons. The molecule has 2 fully saturated rings. The summed E-state index contributed by atoms with van der Waals surface area (Å²) in [5.74, 6) is -6.77. The average molecular weight is 910 g/mol. The van der Waals surface area contributed by atoms with Crippen LogP contribution in [-0.2, 0) is 51.2 Å². The summed E-state index contributed by atoms with van der Waals surface area (Å²) in [5, 5.41) is 22.9. The molecule has 0 spiro atoms. The zero-order valence-corrected chi connectivity index (χ0v) is 37.0. The number of para-hydroxylation sites is 1. The van der Waals surface area contributed by atoms with E-state index in [-0.39, 0.29) is 32.4 Å². The molecule has 2 aromatic carbocycles. The van der Waals surface area contributed by atoms with Crippen LogP contribution in [0.25, 0.3) is 10.9 Å². The minimum atomic E-state index is -1.57. The highest BCUT2D eigenvalue weighted by atomic mass is 16.2. The number of primary amides is 2. The molecular weight excluding hydrogens is 851 g/mol. The molecule has 6 rings (SSSR count). The minimum absolute atomic E-state index is 0.0181. The molecule has 2 aliphatic rings. The molecule has 0 aliphatic carbocycles. The quantitative estimate of drug-likeness (QED) is 0.0939. The third kappa shape index (κ3) is 12.3. The van der Waals surface area contributed by atoms with Crippen molar-refractivity contribution in [3.8, 4) is 0 Å². The van der Waals surface area contributed by atoms with Crippen molar-refractivity contribution in [1.29, 1.82) is 0 Å². The predicted octanol–water partition coefficient (Wildman–Crippen LogP) is -0.902. The van der Waals surface area contributed by atoms with Crippen LogP contribution in [0.1, 0.15) is 81.7 Å². The Labute approximate surface area is 381 Å². The number of nitrogens with two attached hydrogens (primary N) is 3. The molecule has 21 heteroatoms. The Bertz CT molecular complexity index is 2400. The fourth-order valence-corrected chi connectivity index (χ4v) is 8.30. The Kier molecular flexibility index (Phi) is 16.2. The van der Waals surface area contributed by atoms with E-state index < -0.39 is 108 Å². The number of benzene rings is 2. The minimum Gasteiger partial charge on any atom is -0.370 e. The number of nitrogens with zero attached hydrogens (tertiary/aromatic N) is 4. The van der Waals surface area contributed by atoms with E-state index in [0.29, 0.717) is 36.9 Å². The number of rotatable bonds is 10.